The first-order valence-corrected chi connectivity index (χ1v) is 13.4. The lowest BCUT2D eigenvalue weighted by Crippen LogP contribution is -2.58. The number of aromatic nitrogens is 2. The molecule has 3 aromatic rings. The summed E-state index contributed by atoms with van der Waals surface area (Å²) in [5, 5.41) is 17.0. The molecule has 4 N–H and O–H groups in total. The Kier molecular flexibility index (Phi) is 8.53. The molecule has 3 amide bonds. The number of hydrogen-bond acceptors (Lipinski definition) is 6. The van der Waals surface area contributed by atoms with Crippen molar-refractivity contribution in [3.8, 4) is 0 Å². The molecule has 1 aromatic heterocycles. The highest BCUT2D eigenvalue weighted by Gasteiger charge is 2.49. The van der Waals surface area contributed by atoms with Crippen LogP contribution in [0.3, 0.4) is 0 Å². The molecule has 2 heterocycles. The first kappa shape index (κ1) is 27.4. The minimum Gasteiger partial charge on any atom is -0.381 e. The zero-order valence-electron chi connectivity index (χ0n) is 21.7. The summed E-state index contributed by atoms with van der Waals surface area (Å²) < 4.78 is -0.570. The highest BCUT2D eigenvalue weighted by molar-refractivity contribution is 8.00. The number of nitrogens with zero attached hydrogens (tertiary/aromatic N) is 2. The Morgan fingerprint density at radius 2 is 1.87 bits per heavy atom. The van der Waals surface area contributed by atoms with Crippen molar-refractivity contribution >= 4 is 29.5 Å². The van der Waals surface area contributed by atoms with Crippen molar-refractivity contribution < 1.29 is 19.5 Å². The third-order valence-electron chi connectivity index (χ3n) is 6.78. The number of benzene rings is 2. The summed E-state index contributed by atoms with van der Waals surface area (Å²) in [7, 11) is 0. The van der Waals surface area contributed by atoms with E-state index < -0.39 is 34.7 Å². The van der Waals surface area contributed by atoms with E-state index >= 15 is 0 Å². The van der Waals surface area contributed by atoms with Crippen molar-refractivity contribution in [3.05, 3.63) is 89.5 Å². The van der Waals surface area contributed by atoms with Gasteiger partial charge in [0.1, 0.15) is 11.7 Å². The molecule has 0 aliphatic carbocycles. The molecular formula is C28H33N5O4S. The van der Waals surface area contributed by atoms with E-state index in [0.717, 1.165) is 16.7 Å². The molecule has 1 aliphatic heterocycles. The van der Waals surface area contributed by atoms with Crippen LogP contribution in [-0.4, -0.2) is 66.5 Å². The first-order valence-electron chi connectivity index (χ1n) is 12.5. The van der Waals surface area contributed by atoms with E-state index in [4.69, 9.17) is 0 Å². The maximum Gasteiger partial charge on any atom is 0.269 e. The van der Waals surface area contributed by atoms with E-state index in [2.05, 4.69) is 20.6 Å². The molecule has 38 heavy (non-hydrogen) atoms. The monoisotopic (exact) mass is 535 g/mol. The van der Waals surface area contributed by atoms with Gasteiger partial charge in [0, 0.05) is 11.3 Å². The Morgan fingerprint density at radius 3 is 2.55 bits per heavy atom. The van der Waals surface area contributed by atoms with Crippen LogP contribution in [0, 0.1) is 6.92 Å². The van der Waals surface area contributed by atoms with Gasteiger partial charge in [-0.05, 0) is 43.9 Å². The largest absolute Gasteiger partial charge is 0.381 e. The molecule has 1 aliphatic rings. The van der Waals surface area contributed by atoms with Crippen LogP contribution in [0.4, 0.5) is 0 Å². The third-order valence-corrected chi connectivity index (χ3v) is 8.16. The van der Waals surface area contributed by atoms with Crippen molar-refractivity contribution in [2.24, 2.45) is 0 Å². The Morgan fingerprint density at radius 1 is 1.16 bits per heavy atom. The molecular weight excluding hydrogens is 502 g/mol. The predicted molar refractivity (Wildman–Crippen MR) is 146 cm³/mol. The number of H-pyrrole nitrogens is 1. The van der Waals surface area contributed by atoms with Gasteiger partial charge in [-0.15, -0.1) is 11.8 Å². The van der Waals surface area contributed by atoms with Crippen LogP contribution in [0.5, 0.6) is 0 Å². The summed E-state index contributed by atoms with van der Waals surface area (Å²) >= 11 is 1.47. The standard InChI is InChI=1S/C28H33N5O4S/c1-18-9-7-8-12-20(18)14-30-26(36)24-28(2,3)38-17-33(24)27(37)23(34)21(13-19-10-5-4-6-11-19)32-25(35)22-15-29-16-31-22/h4-12,15-16,21,23-24,34H,13-14,17H2,1-3H3,(H,29,31)(H,30,36)(H,32,35)/t21-,23-,24+/m0/s1. The van der Waals surface area contributed by atoms with Gasteiger partial charge in [-0.3, -0.25) is 14.4 Å². The number of carbonyl (C=O) groups is 3. The zero-order valence-corrected chi connectivity index (χ0v) is 22.5. The van der Waals surface area contributed by atoms with Crippen molar-refractivity contribution in [1.29, 1.82) is 0 Å². The maximum absolute atomic E-state index is 13.7. The lowest BCUT2D eigenvalue weighted by atomic mass is 9.97. The normalized spacial score (nSPS) is 18.0. The molecule has 1 saturated heterocycles. The molecule has 9 nitrogen and oxygen atoms in total. The smallest absolute Gasteiger partial charge is 0.269 e. The second-order valence-electron chi connectivity index (χ2n) is 9.91. The molecule has 0 radical (unpaired) electrons. The number of carbonyl (C=O) groups excluding carboxylic acids is 3. The highest BCUT2D eigenvalue weighted by atomic mass is 32.2. The van der Waals surface area contributed by atoms with Gasteiger partial charge in [0.05, 0.1) is 24.4 Å². The van der Waals surface area contributed by atoms with Crippen LogP contribution in [0.2, 0.25) is 0 Å². The molecule has 2 aromatic carbocycles. The minimum atomic E-state index is -1.57. The van der Waals surface area contributed by atoms with Gasteiger partial charge in [-0.2, -0.15) is 0 Å². The first-order chi connectivity index (χ1) is 18.2. The Bertz CT molecular complexity index is 1270. The fourth-order valence-electron chi connectivity index (χ4n) is 4.58. The van der Waals surface area contributed by atoms with E-state index in [1.807, 2.05) is 75.4 Å². The van der Waals surface area contributed by atoms with Crippen LogP contribution in [0.1, 0.15) is 41.0 Å². The number of rotatable bonds is 9. The average molecular weight is 536 g/mol. The number of aliphatic hydroxyl groups is 1. The number of hydrogen-bond donors (Lipinski definition) is 4. The second-order valence-corrected chi connectivity index (χ2v) is 11.5. The Balaban J connectivity index is 1.52. The van der Waals surface area contributed by atoms with E-state index in [1.54, 1.807) is 0 Å². The molecule has 3 atom stereocenters. The third kappa shape index (κ3) is 6.25. The van der Waals surface area contributed by atoms with Gasteiger partial charge in [-0.1, -0.05) is 54.6 Å². The van der Waals surface area contributed by atoms with Gasteiger partial charge in [0.25, 0.3) is 11.8 Å². The number of aliphatic hydroxyl groups excluding tert-OH is 1. The maximum atomic E-state index is 13.7. The number of imidazole rings is 1. The molecule has 0 spiro atoms. The van der Waals surface area contributed by atoms with Gasteiger partial charge >= 0.3 is 0 Å². The minimum absolute atomic E-state index is 0.217. The number of aromatic amines is 1. The number of thioether (sulfide) groups is 1. The molecule has 200 valence electrons. The molecule has 10 heteroatoms. The Hall–Kier alpha value is -3.63. The van der Waals surface area contributed by atoms with Crippen molar-refractivity contribution in [1.82, 2.24) is 25.5 Å². The average Bonchev–Trinajstić information content (AvgIpc) is 3.55. The summed E-state index contributed by atoms with van der Waals surface area (Å²) in [5.41, 5.74) is 3.12. The summed E-state index contributed by atoms with van der Waals surface area (Å²) in [6.45, 7) is 6.14. The predicted octanol–water partition coefficient (Wildman–Crippen LogP) is 2.42. The fraction of sp³-hybridized carbons (Fsp3) is 0.357. The van der Waals surface area contributed by atoms with E-state index in [-0.39, 0.29) is 23.9 Å². The van der Waals surface area contributed by atoms with Gasteiger partial charge < -0.3 is 25.6 Å². The number of nitrogens with one attached hydrogen (secondary N) is 3. The molecule has 1 fully saturated rings. The molecule has 0 saturated carbocycles. The lowest BCUT2D eigenvalue weighted by molar-refractivity contribution is -0.147. The van der Waals surface area contributed by atoms with E-state index in [9.17, 15) is 19.5 Å². The highest BCUT2D eigenvalue weighted by Crippen LogP contribution is 2.40. The topological polar surface area (TPSA) is 127 Å². The second kappa shape index (κ2) is 11.8. The van der Waals surface area contributed by atoms with Crippen LogP contribution in [0.25, 0.3) is 0 Å². The lowest BCUT2D eigenvalue weighted by Gasteiger charge is -2.33. The van der Waals surface area contributed by atoms with Gasteiger partial charge in [-0.25, -0.2) is 4.98 Å². The number of aryl methyl sites for hydroxylation is 1. The van der Waals surface area contributed by atoms with Crippen LogP contribution in [0.15, 0.2) is 67.1 Å². The zero-order chi connectivity index (χ0) is 27.3. The molecule has 0 unspecified atom stereocenters. The van der Waals surface area contributed by atoms with Crippen LogP contribution >= 0.6 is 11.8 Å². The quantitative estimate of drug-likeness (QED) is 0.333. The summed E-state index contributed by atoms with van der Waals surface area (Å²) in [5.74, 6) is -1.13. The summed E-state index contributed by atoms with van der Waals surface area (Å²) in [6.07, 6.45) is 1.41. The van der Waals surface area contributed by atoms with Gasteiger partial charge in [0.15, 0.2) is 6.10 Å². The summed E-state index contributed by atoms with van der Waals surface area (Å²) in [6, 6.07) is 15.4. The Labute approximate surface area is 226 Å². The van der Waals surface area contributed by atoms with Crippen molar-refractivity contribution in [2.45, 2.75) is 56.7 Å². The van der Waals surface area contributed by atoms with E-state index in [0.29, 0.717) is 6.54 Å². The summed E-state index contributed by atoms with van der Waals surface area (Å²) in [4.78, 5) is 47.9. The molecule has 4 rings (SSSR count). The number of amides is 3. The van der Waals surface area contributed by atoms with Crippen molar-refractivity contribution in [3.63, 3.8) is 0 Å². The van der Waals surface area contributed by atoms with Gasteiger partial charge in [0.2, 0.25) is 5.91 Å². The van der Waals surface area contributed by atoms with E-state index in [1.165, 1.54) is 29.2 Å². The van der Waals surface area contributed by atoms with Crippen LogP contribution < -0.4 is 10.6 Å². The van der Waals surface area contributed by atoms with Crippen molar-refractivity contribution in [2.75, 3.05) is 5.88 Å². The SMILES string of the molecule is Cc1ccccc1CNC(=O)[C@H]1N(C(=O)[C@@H](O)[C@H](Cc2ccccc2)NC(=O)c2cnc[nH]2)CSC1(C)C. The fourth-order valence-corrected chi connectivity index (χ4v) is 5.72. The van der Waals surface area contributed by atoms with Crippen LogP contribution in [-0.2, 0) is 22.6 Å². The molecule has 0 bridgehead atoms.